The van der Waals surface area contributed by atoms with Gasteiger partial charge in [0, 0.05) is 44.7 Å². The van der Waals surface area contributed by atoms with Crippen molar-refractivity contribution < 1.29 is 9.59 Å². The molecule has 0 atom stereocenters. The molecule has 11 nitrogen and oxygen atoms in total. The van der Waals surface area contributed by atoms with Crippen molar-refractivity contribution in [2.45, 2.75) is 0 Å². The fourth-order valence-electron chi connectivity index (χ4n) is 3.61. The number of pyridine rings is 2. The molecule has 0 saturated carbocycles. The van der Waals surface area contributed by atoms with Gasteiger partial charge in [-0.1, -0.05) is 6.07 Å². The molecule has 4 heterocycles. The number of urea groups is 1. The normalized spacial score (nSPS) is 11.0. The zero-order valence-electron chi connectivity index (χ0n) is 18.7. The Morgan fingerprint density at radius 3 is 2.68 bits per heavy atom. The van der Waals surface area contributed by atoms with E-state index in [1.807, 2.05) is 18.2 Å². The molecule has 170 valence electrons. The van der Waals surface area contributed by atoms with Crippen LogP contribution < -0.4 is 10.6 Å². The molecule has 34 heavy (non-hydrogen) atoms. The summed E-state index contributed by atoms with van der Waals surface area (Å²) in [5, 5.41) is 13.5. The molecule has 3 amide bonds. The van der Waals surface area contributed by atoms with Crippen LogP contribution in [-0.4, -0.2) is 68.1 Å². The van der Waals surface area contributed by atoms with Crippen molar-refractivity contribution in [3.63, 3.8) is 0 Å². The highest BCUT2D eigenvalue weighted by Crippen LogP contribution is 2.30. The number of nitrogens with one attached hydrogen (secondary N) is 4. The van der Waals surface area contributed by atoms with E-state index < -0.39 is 0 Å². The van der Waals surface area contributed by atoms with Crippen LogP contribution in [0.15, 0.2) is 48.9 Å². The third-order valence-electron chi connectivity index (χ3n) is 5.36. The predicted molar refractivity (Wildman–Crippen MR) is 128 cm³/mol. The summed E-state index contributed by atoms with van der Waals surface area (Å²) in [4.78, 5) is 42.3. The number of nitrogens with zero attached hydrogens (tertiary/aromatic N) is 5. The Balaban J connectivity index is 1.56. The summed E-state index contributed by atoms with van der Waals surface area (Å²) in [7, 11) is 4.92. The van der Waals surface area contributed by atoms with E-state index in [9.17, 15) is 9.59 Å². The van der Waals surface area contributed by atoms with Gasteiger partial charge in [0.2, 0.25) is 0 Å². The Kier molecular flexibility index (Phi) is 5.13. The summed E-state index contributed by atoms with van der Waals surface area (Å²) in [6.07, 6.45) is 4.98. The van der Waals surface area contributed by atoms with Crippen molar-refractivity contribution >= 4 is 39.7 Å². The molecule has 11 heteroatoms. The molecule has 4 N–H and O–H groups in total. The summed E-state index contributed by atoms with van der Waals surface area (Å²) in [5.74, 6) is 0.328. The van der Waals surface area contributed by atoms with Gasteiger partial charge < -0.3 is 20.5 Å². The summed E-state index contributed by atoms with van der Waals surface area (Å²) >= 11 is 0. The van der Waals surface area contributed by atoms with Crippen LogP contribution in [0, 0.1) is 0 Å². The van der Waals surface area contributed by atoms with Crippen LogP contribution in [0.1, 0.15) is 10.4 Å². The first-order chi connectivity index (χ1) is 16.4. The number of amides is 3. The number of para-hydroxylation sites is 1. The maximum absolute atomic E-state index is 12.2. The molecule has 0 fully saturated rings. The van der Waals surface area contributed by atoms with Crippen molar-refractivity contribution in [1.82, 2.24) is 40.3 Å². The van der Waals surface area contributed by atoms with Crippen LogP contribution in [0.5, 0.6) is 0 Å². The number of rotatable bonds is 4. The number of fused-ring (bicyclic) bond motifs is 2. The summed E-state index contributed by atoms with van der Waals surface area (Å²) < 4.78 is 0. The first kappa shape index (κ1) is 21.1. The molecule has 0 saturated heterocycles. The molecule has 5 rings (SSSR count). The van der Waals surface area contributed by atoms with E-state index in [1.54, 1.807) is 51.9 Å². The molecular formula is C23H21N9O2. The molecule has 0 radical (unpaired) electrons. The lowest BCUT2D eigenvalue weighted by atomic mass is 10.1. The second kappa shape index (κ2) is 8.28. The maximum Gasteiger partial charge on any atom is 0.321 e. The lowest BCUT2D eigenvalue weighted by Gasteiger charge is -2.12. The molecule has 0 bridgehead atoms. The van der Waals surface area contributed by atoms with Gasteiger partial charge in [-0.05, 0) is 24.3 Å². The topological polar surface area (TPSA) is 145 Å². The number of carbonyl (C=O) groups is 2. The third-order valence-corrected chi connectivity index (χ3v) is 5.36. The van der Waals surface area contributed by atoms with Gasteiger partial charge in [0.15, 0.2) is 11.5 Å². The minimum Gasteiger partial charge on any atom is -0.355 e. The van der Waals surface area contributed by atoms with Gasteiger partial charge in [-0.2, -0.15) is 5.10 Å². The molecule has 0 unspecified atom stereocenters. The fraction of sp³-hybridized carbons (Fsp3) is 0.130. The van der Waals surface area contributed by atoms with Crippen LogP contribution in [-0.2, 0) is 0 Å². The standard InChI is InChI=1S/C23H21N9O2/c1-24-22(33)15-5-4-6-17-18(15)29-21(28-17)19-16-8-13(10-26-20(16)31-30-19)12-7-14(11-25-9-12)27-23(34)32(2)3/h4-11H,1-3H3,(H,24,33)(H,27,34)(H,28,29)(H,26,30,31). The third kappa shape index (κ3) is 3.68. The Morgan fingerprint density at radius 1 is 1.06 bits per heavy atom. The van der Waals surface area contributed by atoms with Gasteiger partial charge in [0.05, 0.1) is 28.4 Å². The highest BCUT2D eigenvalue weighted by atomic mass is 16.2. The first-order valence-electron chi connectivity index (χ1n) is 10.4. The summed E-state index contributed by atoms with van der Waals surface area (Å²) in [6, 6.07) is 8.90. The van der Waals surface area contributed by atoms with Gasteiger partial charge in [-0.15, -0.1) is 0 Å². The Bertz CT molecular complexity index is 1550. The predicted octanol–water partition coefficient (Wildman–Crippen LogP) is 3.02. The van der Waals surface area contributed by atoms with E-state index in [0.29, 0.717) is 33.9 Å². The monoisotopic (exact) mass is 455 g/mol. The summed E-state index contributed by atoms with van der Waals surface area (Å²) in [5.41, 5.74) is 5.10. The number of benzene rings is 1. The second-order valence-corrected chi connectivity index (χ2v) is 7.85. The minimum absolute atomic E-state index is 0.212. The minimum atomic E-state index is -0.245. The molecule has 0 spiro atoms. The van der Waals surface area contributed by atoms with Gasteiger partial charge in [0.25, 0.3) is 5.91 Å². The van der Waals surface area contributed by atoms with Crippen molar-refractivity contribution in [3.8, 4) is 22.6 Å². The number of imidazole rings is 1. The van der Waals surface area contributed by atoms with Gasteiger partial charge >= 0.3 is 6.03 Å². The lowest BCUT2D eigenvalue weighted by Crippen LogP contribution is -2.27. The molecule has 0 aliphatic heterocycles. The molecule has 5 aromatic rings. The number of hydrogen-bond donors (Lipinski definition) is 4. The van der Waals surface area contributed by atoms with Crippen LogP contribution >= 0.6 is 0 Å². The number of H-pyrrole nitrogens is 2. The zero-order chi connectivity index (χ0) is 23.8. The second-order valence-electron chi connectivity index (χ2n) is 7.85. The Morgan fingerprint density at radius 2 is 1.88 bits per heavy atom. The molecule has 0 aliphatic rings. The van der Waals surface area contributed by atoms with Gasteiger partial charge in [-0.25, -0.2) is 14.8 Å². The number of aromatic amines is 2. The van der Waals surface area contributed by atoms with E-state index in [4.69, 9.17) is 0 Å². The van der Waals surface area contributed by atoms with Gasteiger partial charge in [0.1, 0.15) is 11.2 Å². The van der Waals surface area contributed by atoms with Crippen LogP contribution in [0.25, 0.3) is 44.7 Å². The fourth-order valence-corrected chi connectivity index (χ4v) is 3.61. The first-order valence-corrected chi connectivity index (χ1v) is 10.4. The van der Waals surface area contributed by atoms with E-state index >= 15 is 0 Å². The molecule has 1 aromatic carbocycles. The van der Waals surface area contributed by atoms with E-state index in [0.717, 1.165) is 22.0 Å². The van der Waals surface area contributed by atoms with Crippen molar-refractivity contribution in [2.24, 2.45) is 0 Å². The van der Waals surface area contributed by atoms with Crippen molar-refractivity contribution in [1.29, 1.82) is 0 Å². The van der Waals surface area contributed by atoms with Crippen LogP contribution in [0.3, 0.4) is 0 Å². The van der Waals surface area contributed by atoms with E-state index in [1.165, 1.54) is 4.90 Å². The van der Waals surface area contributed by atoms with Crippen LogP contribution in [0.4, 0.5) is 10.5 Å². The maximum atomic E-state index is 12.2. The highest BCUT2D eigenvalue weighted by molar-refractivity contribution is 6.05. The SMILES string of the molecule is CNC(=O)c1cccc2[nH]c(-c3[nH]nc4ncc(-c5cncc(NC(=O)N(C)C)c5)cc34)nc12. The number of hydrogen-bond acceptors (Lipinski definition) is 6. The Labute approximate surface area is 193 Å². The lowest BCUT2D eigenvalue weighted by molar-refractivity contribution is 0.0964. The number of anilines is 1. The molecule has 0 aliphatic carbocycles. The van der Waals surface area contributed by atoms with E-state index in [-0.39, 0.29) is 11.9 Å². The smallest absolute Gasteiger partial charge is 0.321 e. The Hall–Kier alpha value is -4.80. The quantitative estimate of drug-likeness (QED) is 0.328. The zero-order valence-corrected chi connectivity index (χ0v) is 18.7. The van der Waals surface area contributed by atoms with Crippen molar-refractivity contribution in [2.75, 3.05) is 26.5 Å². The summed E-state index contributed by atoms with van der Waals surface area (Å²) in [6.45, 7) is 0. The average Bonchev–Trinajstić information content (AvgIpc) is 3.47. The van der Waals surface area contributed by atoms with Gasteiger partial charge in [-0.3, -0.25) is 14.9 Å². The average molecular weight is 455 g/mol. The van der Waals surface area contributed by atoms with Crippen LogP contribution in [0.2, 0.25) is 0 Å². The number of aromatic nitrogens is 6. The number of carbonyl (C=O) groups excluding carboxylic acids is 2. The van der Waals surface area contributed by atoms with E-state index in [2.05, 4.69) is 40.8 Å². The van der Waals surface area contributed by atoms with Crippen molar-refractivity contribution in [3.05, 3.63) is 54.5 Å². The largest absolute Gasteiger partial charge is 0.355 e. The molecule has 4 aromatic heterocycles. The highest BCUT2D eigenvalue weighted by Gasteiger charge is 2.17. The molecular weight excluding hydrogens is 434 g/mol.